The molecule has 172 valence electrons. The summed E-state index contributed by atoms with van der Waals surface area (Å²) in [6.45, 7) is 8.06. The highest BCUT2D eigenvalue weighted by Crippen LogP contribution is 2.29. The van der Waals surface area contributed by atoms with Crippen molar-refractivity contribution in [2.75, 3.05) is 18.4 Å². The van der Waals surface area contributed by atoms with Gasteiger partial charge in [0.2, 0.25) is 0 Å². The smallest absolute Gasteiger partial charge is 0.339 e. The molecule has 33 heavy (non-hydrogen) atoms. The number of esters is 1. The number of nitrogens with zero attached hydrogens (tertiary/aromatic N) is 2. The summed E-state index contributed by atoms with van der Waals surface area (Å²) < 4.78 is 5.68. The lowest BCUT2D eigenvalue weighted by Gasteiger charge is -2.29. The van der Waals surface area contributed by atoms with Gasteiger partial charge in [0.25, 0.3) is 5.91 Å². The van der Waals surface area contributed by atoms with Crippen molar-refractivity contribution in [3.8, 4) is 0 Å². The Morgan fingerprint density at radius 1 is 1.21 bits per heavy atom. The summed E-state index contributed by atoms with van der Waals surface area (Å²) in [5, 5.41) is 4.12. The van der Waals surface area contributed by atoms with Crippen molar-refractivity contribution in [3.63, 3.8) is 0 Å². The maximum absolute atomic E-state index is 13.4. The van der Waals surface area contributed by atoms with Crippen molar-refractivity contribution >= 4 is 40.1 Å². The van der Waals surface area contributed by atoms with E-state index in [9.17, 15) is 9.59 Å². The first kappa shape index (κ1) is 23.2. The number of ether oxygens (including phenoxy) is 1. The number of pyridine rings is 1. The molecule has 1 amide bonds. The van der Waals surface area contributed by atoms with E-state index in [4.69, 9.17) is 21.3 Å². The summed E-state index contributed by atoms with van der Waals surface area (Å²) in [5.41, 5.74) is 4.46. The number of amides is 1. The average Bonchev–Trinajstić information content (AvgIpc) is 2.80. The highest BCUT2D eigenvalue weighted by Gasteiger charge is 2.28. The summed E-state index contributed by atoms with van der Waals surface area (Å²) in [6.07, 6.45) is 0.842. The number of benzene rings is 2. The maximum Gasteiger partial charge on any atom is 0.339 e. The highest BCUT2D eigenvalue weighted by atomic mass is 35.5. The number of carbonyl (C=O) groups excluding carboxylic acids is 2. The Bertz CT molecular complexity index is 1210. The Hall–Kier alpha value is -2.96. The molecule has 0 spiro atoms. The van der Waals surface area contributed by atoms with Crippen LogP contribution in [0.3, 0.4) is 0 Å². The zero-order valence-corrected chi connectivity index (χ0v) is 19.9. The second-order valence-corrected chi connectivity index (χ2v) is 8.81. The second-order valence-electron chi connectivity index (χ2n) is 8.40. The lowest BCUT2D eigenvalue weighted by Crippen LogP contribution is -2.34. The molecular weight excluding hydrogens is 438 g/mol. The van der Waals surface area contributed by atoms with Crippen molar-refractivity contribution < 1.29 is 14.3 Å². The van der Waals surface area contributed by atoms with Gasteiger partial charge in [0.05, 0.1) is 11.1 Å². The van der Waals surface area contributed by atoms with Crippen molar-refractivity contribution in [1.82, 2.24) is 9.88 Å². The van der Waals surface area contributed by atoms with Gasteiger partial charge in [0.1, 0.15) is 0 Å². The standard InChI is InChI=1S/C26H28ClN3O3/c1-4-13-30-14-12-23-19(15-30)24(18-8-5-6-10-22(18)28-23)26(32)33-17(3)25(31)29-21-11-7-9-20(27)16(21)2/h5-11,17H,4,12-15H2,1-3H3,(H,29,31). The molecule has 4 rings (SSSR count). The Balaban J connectivity index is 1.61. The van der Waals surface area contributed by atoms with Crippen molar-refractivity contribution in [2.45, 2.75) is 46.3 Å². The predicted octanol–water partition coefficient (Wildman–Crippen LogP) is 5.15. The SMILES string of the molecule is CCCN1CCc2nc3ccccc3c(C(=O)OC(C)C(=O)Nc3cccc(Cl)c3C)c2C1. The molecule has 2 aromatic carbocycles. The monoisotopic (exact) mass is 465 g/mol. The van der Waals surface area contributed by atoms with Crippen molar-refractivity contribution in [1.29, 1.82) is 0 Å². The van der Waals surface area contributed by atoms with E-state index in [2.05, 4.69) is 17.1 Å². The number of nitrogens with one attached hydrogen (secondary N) is 1. The van der Waals surface area contributed by atoms with Gasteiger partial charge in [-0.15, -0.1) is 0 Å². The predicted molar refractivity (Wildman–Crippen MR) is 131 cm³/mol. The van der Waals surface area contributed by atoms with Crippen LogP contribution in [0.2, 0.25) is 5.02 Å². The third-order valence-electron chi connectivity index (χ3n) is 6.05. The quantitative estimate of drug-likeness (QED) is 0.510. The van der Waals surface area contributed by atoms with Gasteiger partial charge >= 0.3 is 5.97 Å². The summed E-state index contributed by atoms with van der Waals surface area (Å²) in [6, 6.07) is 12.9. The van der Waals surface area contributed by atoms with Crippen molar-refractivity contribution in [3.05, 3.63) is 69.9 Å². The fourth-order valence-electron chi connectivity index (χ4n) is 4.24. The fourth-order valence-corrected chi connectivity index (χ4v) is 4.41. The van der Waals surface area contributed by atoms with E-state index < -0.39 is 18.0 Å². The van der Waals surface area contributed by atoms with Crippen LogP contribution in [0, 0.1) is 6.92 Å². The van der Waals surface area contributed by atoms with Gasteiger partial charge in [-0.25, -0.2) is 4.79 Å². The first-order chi connectivity index (χ1) is 15.9. The molecule has 0 saturated heterocycles. The Morgan fingerprint density at radius 3 is 2.79 bits per heavy atom. The molecule has 0 radical (unpaired) electrons. The van der Waals surface area contributed by atoms with Gasteiger partial charge in [0.15, 0.2) is 6.10 Å². The number of hydrogen-bond acceptors (Lipinski definition) is 5. The molecule has 0 aliphatic carbocycles. The van der Waals surface area contributed by atoms with E-state index in [1.165, 1.54) is 0 Å². The van der Waals surface area contributed by atoms with Crippen LogP contribution in [0.5, 0.6) is 0 Å². The molecule has 7 heteroatoms. The van der Waals surface area contributed by atoms with Gasteiger partial charge in [-0.2, -0.15) is 0 Å². The molecule has 1 aliphatic heterocycles. The molecule has 1 aliphatic rings. The number of fused-ring (bicyclic) bond motifs is 2. The summed E-state index contributed by atoms with van der Waals surface area (Å²) in [4.78, 5) is 33.3. The number of hydrogen-bond donors (Lipinski definition) is 1. The van der Waals surface area contributed by atoms with E-state index in [0.29, 0.717) is 22.8 Å². The third-order valence-corrected chi connectivity index (χ3v) is 6.46. The van der Waals surface area contributed by atoms with Crippen LogP contribution in [0.4, 0.5) is 5.69 Å². The van der Waals surface area contributed by atoms with E-state index in [0.717, 1.165) is 53.7 Å². The Labute approximate surface area is 198 Å². The molecule has 2 heterocycles. The minimum atomic E-state index is -0.978. The second kappa shape index (κ2) is 9.89. The zero-order valence-electron chi connectivity index (χ0n) is 19.2. The fraction of sp³-hybridized carbons (Fsp3) is 0.346. The van der Waals surface area contributed by atoms with Crippen LogP contribution in [0.15, 0.2) is 42.5 Å². The molecule has 6 nitrogen and oxygen atoms in total. The molecule has 1 aromatic heterocycles. The third kappa shape index (κ3) is 4.87. The van der Waals surface area contributed by atoms with Gasteiger partial charge in [-0.05, 0) is 50.6 Å². The average molecular weight is 466 g/mol. The van der Waals surface area contributed by atoms with Crippen molar-refractivity contribution in [2.24, 2.45) is 0 Å². The summed E-state index contributed by atoms with van der Waals surface area (Å²) in [7, 11) is 0. The number of halogens is 1. The summed E-state index contributed by atoms with van der Waals surface area (Å²) in [5.74, 6) is -0.915. The number of aromatic nitrogens is 1. The molecule has 1 atom stereocenters. The number of para-hydroxylation sites is 1. The topological polar surface area (TPSA) is 71.5 Å². The van der Waals surface area contributed by atoms with Crippen LogP contribution in [0.25, 0.3) is 10.9 Å². The van der Waals surface area contributed by atoms with E-state index in [1.807, 2.05) is 31.2 Å². The van der Waals surface area contributed by atoms with Gasteiger partial charge in [-0.3, -0.25) is 14.7 Å². The van der Waals surface area contributed by atoms with E-state index in [-0.39, 0.29) is 0 Å². The molecular formula is C26H28ClN3O3. The van der Waals surface area contributed by atoms with Gasteiger partial charge < -0.3 is 10.1 Å². The lowest BCUT2D eigenvalue weighted by atomic mass is 9.95. The molecule has 1 N–H and O–H groups in total. The van der Waals surface area contributed by atoms with Crippen LogP contribution in [-0.2, 0) is 22.5 Å². The van der Waals surface area contributed by atoms with E-state index >= 15 is 0 Å². The van der Waals surface area contributed by atoms with E-state index in [1.54, 1.807) is 25.1 Å². The first-order valence-electron chi connectivity index (χ1n) is 11.3. The molecule has 0 bridgehead atoms. The summed E-state index contributed by atoms with van der Waals surface area (Å²) >= 11 is 6.15. The first-order valence-corrected chi connectivity index (χ1v) is 11.7. The normalized spacial score (nSPS) is 14.5. The van der Waals surface area contributed by atoms with Gasteiger partial charge in [-0.1, -0.05) is 42.8 Å². The van der Waals surface area contributed by atoms with Crippen LogP contribution in [-0.4, -0.2) is 41.0 Å². The molecule has 3 aromatic rings. The Kier molecular flexibility index (Phi) is 6.96. The number of anilines is 1. The van der Waals surface area contributed by atoms with Gasteiger partial charge in [0, 0.05) is 46.9 Å². The van der Waals surface area contributed by atoms with Crippen LogP contribution < -0.4 is 5.32 Å². The number of carbonyl (C=O) groups is 2. The highest BCUT2D eigenvalue weighted by molar-refractivity contribution is 6.31. The minimum absolute atomic E-state index is 0.409. The molecule has 0 saturated carbocycles. The number of rotatable bonds is 6. The molecule has 0 fully saturated rings. The lowest BCUT2D eigenvalue weighted by molar-refractivity contribution is -0.123. The maximum atomic E-state index is 13.4. The largest absolute Gasteiger partial charge is 0.449 e. The Morgan fingerprint density at radius 2 is 2.00 bits per heavy atom. The minimum Gasteiger partial charge on any atom is -0.449 e. The van der Waals surface area contributed by atoms with Crippen LogP contribution in [0.1, 0.15) is 47.4 Å². The zero-order chi connectivity index (χ0) is 23.5. The molecule has 1 unspecified atom stereocenters. The van der Waals surface area contributed by atoms with Crippen LogP contribution >= 0.6 is 11.6 Å².